The molecule has 0 aliphatic heterocycles. The molecule has 1 amide bonds. The van der Waals surface area contributed by atoms with Crippen LogP contribution in [0, 0.1) is 0 Å². The van der Waals surface area contributed by atoms with Gasteiger partial charge in [-0.3, -0.25) is 9.69 Å². The Balaban J connectivity index is 1.45. The molecule has 0 radical (unpaired) electrons. The van der Waals surface area contributed by atoms with Crippen LogP contribution in [0.3, 0.4) is 0 Å². The van der Waals surface area contributed by atoms with Crippen molar-refractivity contribution in [2.45, 2.75) is 13.2 Å². The monoisotopic (exact) mass is 366 g/mol. The molecular weight excluding hydrogens is 344 g/mol. The fourth-order valence-corrected chi connectivity index (χ4v) is 3.33. The Morgan fingerprint density at radius 2 is 1.81 bits per heavy atom. The van der Waals surface area contributed by atoms with Crippen LogP contribution >= 0.6 is 11.3 Å². The zero-order chi connectivity index (χ0) is 18.2. The Morgan fingerprint density at radius 3 is 2.50 bits per heavy atom. The molecule has 1 aromatic heterocycles. The van der Waals surface area contributed by atoms with E-state index in [4.69, 9.17) is 4.74 Å². The molecule has 0 aliphatic rings. The van der Waals surface area contributed by atoms with Crippen molar-refractivity contribution in [2.75, 3.05) is 18.9 Å². The van der Waals surface area contributed by atoms with Gasteiger partial charge in [-0.25, -0.2) is 0 Å². The van der Waals surface area contributed by atoms with Gasteiger partial charge in [0.05, 0.1) is 6.54 Å². The average Bonchev–Trinajstić information content (AvgIpc) is 3.14. The lowest BCUT2D eigenvalue weighted by molar-refractivity contribution is -0.117. The second-order valence-electron chi connectivity index (χ2n) is 6.10. The second kappa shape index (κ2) is 9.17. The summed E-state index contributed by atoms with van der Waals surface area (Å²) in [6.45, 7) is 1.65. The molecule has 26 heavy (non-hydrogen) atoms. The molecule has 0 spiro atoms. The third-order valence-corrected chi connectivity index (χ3v) is 4.67. The largest absolute Gasteiger partial charge is 0.489 e. The smallest absolute Gasteiger partial charge is 0.238 e. The molecule has 0 saturated carbocycles. The standard InChI is InChI=1S/C21H22N2O2S/c1-23(14-20-8-5-13-26-20)15-21(24)22-18-9-11-19(12-10-18)25-16-17-6-3-2-4-7-17/h2-13H,14-16H2,1H3,(H,22,24). The molecule has 3 rings (SSSR count). The van der Waals surface area contributed by atoms with Crippen molar-refractivity contribution < 1.29 is 9.53 Å². The van der Waals surface area contributed by atoms with Crippen molar-refractivity contribution in [1.82, 2.24) is 4.90 Å². The van der Waals surface area contributed by atoms with Crippen molar-refractivity contribution in [1.29, 1.82) is 0 Å². The Kier molecular flexibility index (Phi) is 6.41. The number of hydrogen-bond donors (Lipinski definition) is 1. The van der Waals surface area contributed by atoms with Crippen LogP contribution in [0.25, 0.3) is 0 Å². The predicted octanol–water partition coefficient (Wildman–Crippen LogP) is 4.40. The van der Waals surface area contributed by atoms with E-state index in [1.54, 1.807) is 11.3 Å². The lowest BCUT2D eigenvalue weighted by Crippen LogP contribution is -2.29. The molecule has 4 nitrogen and oxygen atoms in total. The van der Waals surface area contributed by atoms with Crippen LogP contribution in [-0.2, 0) is 17.9 Å². The van der Waals surface area contributed by atoms with Gasteiger partial charge in [-0.2, -0.15) is 0 Å². The van der Waals surface area contributed by atoms with Crippen LogP contribution in [0.1, 0.15) is 10.4 Å². The molecule has 3 aromatic rings. The highest BCUT2D eigenvalue weighted by Crippen LogP contribution is 2.17. The number of hydrogen-bond acceptors (Lipinski definition) is 4. The van der Waals surface area contributed by atoms with Crippen molar-refractivity contribution in [2.24, 2.45) is 0 Å². The molecule has 0 saturated heterocycles. The number of nitrogens with one attached hydrogen (secondary N) is 1. The topological polar surface area (TPSA) is 41.6 Å². The number of carbonyl (C=O) groups excluding carboxylic acids is 1. The average molecular weight is 366 g/mol. The van der Waals surface area contributed by atoms with E-state index < -0.39 is 0 Å². The van der Waals surface area contributed by atoms with Gasteiger partial charge in [0.15, 0.2) is 0 Å². The fraction of sp³-hybridized carbons (Fsp3) is 0.190. The van der Waals surface area contributed by atoms with Gasteiger partial charge in [0.25, 0.3) is 0 Å². The van der Waals surface area contributed by atoms with Gasteiger partial charge in [-0.15, -0.1) is 11.3 Å². The molecule has 0 atom stereocenters. The van der Waals surface area contributed by atoms with E-state index >= 15 is 0 Å². The summed E-state index contributed by atoms with van der Waals surface area (Å²) < 4.78 is 5.76. The Bertz CT molecular complexity index is 802. The summed E-state index contributed by atoms with van der Waals surface area (Å²) in [5.41, 5.74) is 1.89. The van der Waals surface area contributed by atoms with E-state index in [9.17, 15) is 4.79 Å². The normalized spacial score (nSPS) is 10.7. The number of nitrogens with zero attached hydrogens (tertiary/aromatic N) is 1. The van der Waals surface area contributed by atoms with E-state index in [2.05, 4.69) is 11.4 Å². The number of rotatable bonds is 8. The highest BCUT2D eigenvalue weighted by atomic mass is 32.1. The van der Waals surface area contributed by atoms with Crippen molar-refractivity contribution in [3.8, 4) is 5.75 Å². The highest BCUT2D eigenvalue weighted by Gasteiger charge is 2.08. The van der Waals surface area contributed by atoms with Gasteiger partial charge >= 0.3 is 0 Å². The van der Waals surface area contributed by atoms with Gasteiger partial charge < -0.3 is 10.1 Å². The second-order valence-corrected chi connectivity index (χ2v) is 7.13. The molecule has 1 heterocycles. The minimum atomic E-state index is -0.0259. The summed E-state index contributed by atoms with van der Waals surface area (Å²) in [5, 5.41) is 4.97. The van der Waals surface area contributed by atoms with Crippen LogP contribution in [-0.4, -0.2) is 24.4 Å². The Hall–Kier alpha value is -2.63. The summed E-state index contributed by atoms with van der Waals surface area (Å²) in [6, 6.07) is 21.6. The third kappa shape index (κ3) is 5.72. The first-order chi connectivity index (χ1) is 12.7. The fourth-order valence-electron chi connectivity index (χ4n) is 2.55. The zero-order valence-corrected chi connectivity index (χ0v) is 15.5. The lowest BCUT2D eigenvalue weighted by Gasteiger charge is -2.15. The van der Waals surface area contributed by atoms with Gasteiger partial charge in [-0.05, 0) is 48.3 Å². The molecule has 0 unspecified atom stereocenters. The number of thiophene rings is 1. The van der Waals surface area contributed by atoms with Crippen molar-refractivity contribution >= 4 is 22.9 Å². The minimum absolute atomic E-state index is 0.0259. The first kappa shape index (κ1) is 18.2. The van der Waals surface area contributed by atoms with Gasteiger partial charge in [0.1, 0.15) is 12.4 Å². The van der Waals surface area contributed by atoms with Gasteiger partial charge in [0, 0.05) is 17.1 Å². The summed E-state index contributed by atoms with van der Waals surface area (Å²) in [6.07, 6.45) is 0. The third-order valence-electron chi connectivity index (χ3n) is 3.81. The zero-order valence-electron chi connectivity index (χ0n) is 14.7. The summed E-state index contributed by atoms with van der Waals surface area (Å²) in [7, 11) is 1.94. The first-order valence-corrected chi connectivity index (χ1v) is 9.34. The van der Waals surface area contributed by atoms with Crippen LogP contribution in [0.15, 0.2) is 72.1 Å². The SMILES string of the molecule is CN(CC(=O)Nc1ccc(OCc2ccccc2)cc1)Cc1cccs1. The Morgan fingerprint density at radius 1 is 1.04 bits per heavy atom. The van der Waals surface area contributed by atoms with Crippen LogP contribution in [0.4, 0.5) is 5.69 Å². The van der Waals surface area contributed by atoms with E-state index in [-0.39, 0.29) is 5.91 Å². The molecular formula is C21H22N2O2S. The molecule has 1 N–H and O–H groups in total. The van der Waals surface area contributed by atoms with E-state index in [1.165, 1.54) is 4.88 Å². The van der Waals surface area contributed by atoms with Crippen LogP contribution in [0.5, 0.6) is 5.75 Å². The molecule has 2 aromatic carbocycles. The molecule has 134 valence electrons. The summed E-state index contributed by atoms with van der Waals surface area (Å²) >= 11 is 1.70. The minimum Gasteiger partial charge on any atom is -0.489 e. The maximum Gasteiger partial charge on any atom is 0.238 e. The number of anilines is 1. The highest BCUT2D eigenvalue weighted by molar-refractivity contribution is 7.09. The maximum absolute atomic E-state index is 12.2. The number of likely N-dealkylation sites (N-methyl/N-ethyl adjacent to an activating group) is 1. The lowest BCUT2D eigenvalue weighted by atomic mass is 10.2. The van der Waals surface area contributed by atoms with E-state index in [1.807, 2.05) is 78.0 Å². The number of carbonyl (C=O) groups is 1. The molecule has 5 heteroatoms. The van der Waals surface area contributed by atoms with Gasteiger partial charge in [0.2, 0.25) is 5.91 Å². The molecule has 0 bridgehead atoms. The summed E-state index contributed by atoms with van der Waals surface area (Å²) in [4.78, 5) is 15.4. The van der Waals surface area contributed by atoms with Crippen molar-refractivity contribution in [3.05, 3.63) is 82.6 Å². The summed E-state index contributed by atoms with van der Waals surface area (Å²) in [5.74, 6) is 0.753. The van der Waals surface area contributed by atoms with Crippen LogP contribution in [0.2, 0.25) is 0 Å². The van der Waals surface area contributed by atoms with E-state index in [0.717, 1.165) is 23.5 Å². The van der Waals surface area contributed by atoms with Gasteiger partial charge in [-0.1, -0.05) is 36.4 Å². The van der Waals surface area contributed by atoms with Crippen LogP contribution < -0.4 is 10.1 Å². The predicted molar refractivity (Wildman–Crippen MR) is 106 cm³/mol. The Labute approximate surface area is 158 Å². The number of amides is 1. The number of benzene rings is 2. The molecule has 0 fully saturated rings. The molecule has 0 aliphatic carbocycles. The number of ether oxygens (including phenoxy) is 1. The van der Waals surface area contributed by atoms with E-state index in [0.29, 0.717) is 13.2 Å². The maximum atomic E-state index is 12.2. The quantitative estimate of drug-likeness (QED) is 0.642. The van der Waals surface area contributed by atoms with Crippen molar-refractivity contribution in [3.63, 3.8) is 0 Å². The first-order valence-electron chi connectivity index (χ1n) is 8.46.